The molecule has 0 fully saturated rings. The number of anilines is 1. The van der Waals surface area contributed by atoms with E-state index in [1.165, 1.54) is 11.3 Å². The van der Waals surface area contributed by atoms with Crippen molar-refractivity contribution < 1.29 is 4.79 Å². The predicted molar refractivity (Wildman–Crippen MR) is 118 cm³/mol. The lowest BCUT2D eigenvalue weighted by atomic mass is 10.1. The van der Waals surface area contributed by atoms with Crippen LogP contribution < -0.4 is 10.6 Å². The van der Waals surface area contributed by atoms with Crippen molar-refractivity contribution in [1.29, 1.82) is 0 Å². The minimum Gasteiger partial charge on any atom is -0.381 e. The quantitative estimate of drug-likeness (QED) is 0.520. The molecule has 4 heterocycles. The average Bonchev–Trinajstić information content (AvgIpc) is 3.05. The third-order valence-electron chi connectivity index (χ3n) is 5.17. The monoisotopic (exact) mass is 401 g/mol. The van der Waals surface area contributed by atoms with Crippen LogP contribution in [0.2, 0.25) is 0 Å². The fourth-order valence-corrected chi connectivity index (χ4v) is 4.80. The summed E-state index contributed by atoms with van der Waals surface area (Å²) in [5.41, 5.74) is 5.10. The molecule has 0 aliphatic carbocycles. The zero-order chi connectivity index (χ0) is 20.1. The number of amides is 1. The molecule has 0 spiro atoms. The van der Waals surface area contributed by atoms with Crippen LogP contribution in [0.1, 0.15) is 28.0 Å². The summed E-state index contributed by atoms with van der Waals surface area (Å²) in [7, 11) is 0. The van der Waals surface area contributed by atoms with Crippen LogP contribution >= 0.6 is 11.3 Å². The number of nitrogens with zero attached hydrogens (tertiary/aromatic N) is 3. The molecule has 4 aromatic rings. The van der Waals surface area contributed by atoms with Crippen LogP contribution in [-0.4, -0.2) is 33.7 Å². The number of rotatable bonds is 2. The summed E-state index contributed by atoms with van der Waals surface area (Å²) in [6.45, 7) is 8.39. The van der Waals surface area contributed by atoms with E-state index in [9.17, 15) is 4.79 Å². The number of nitrogens with one attached hydrogen (secondary N) is 2. The van der Waals surface area contributed by atoms with Gasteiger partial charge in [-0.2, -0.15) is 10.2 Å². The number of hydrogen-bond acceptors (Lipinski definition) is 6. The average molecular weight is 401 g/mol. The van der Waals surface area contributed by atoms with E-state index < -0.39 is 0 Å². The molecule has 0 saturated heterocycles. The van der Waals surface area contributed by atoms with E-state index in [1.54, 1.807) is 6.08 Å². The molecule has 6 nitrogen and oxygen atoms in total. The van der Waals surface area contributed by atoms with Gasteiger partial charge in [-0.3, -0.25) is 4.79 Å². The molecular weight excluding hydrogens is 382 g/mol. The Balaban J connectivity index is 1.72. The zero-order valence-electron chi connectivity index (χ0n) is 16.1. The highest BCUT2D eigenvalue weighted by Crippen LogP contribution is 2.41. The molecule has 1 aliphatic rings. The Kier molecular flexibility index (Phi) is 4.06. The molecule has 1 aromatic carbocycles. The molecule has 3 aromatic heterocycles. The molecule has 7 heteroatoms. The second kappa shape index (κ2) is 6.63. The van der Waals surface area contributed by atoms with Crippen molar-refractivity contribution in [3.63, 3.8) is 0 Å². The SMILES string of the molecule is C=Cc1cc(-c2ccc3c(ccc4sc5c(c43)NC[C@@H](C)NC5=O)n2)c(C)nn1. The van der Waals surface area contributed by atoms with Crippen LogP contribution in [0, 0.1) is 6.92 Å². The zero-order valence-corrected chi connectivity index (χ0v) is 16.9. The van der Waals surface area contributed by atoms with Gasteiger partial charge in [-0.05, 0) is 50.3 Å². The molecule has 144 valence electrons. The first-order valence-corrected chi connectivity index (χ1v) is 10.2. The molecule has 1 amide bonds. The summed E-state index contributed by atoms with van der Waals surface area (Å²) in [6, 6.07) is 10.2. The van der Waals surface area contributed by atoms with Crippen LogP contribution in [0.25, 0.3) is 38.3 Å². The van der Waals surface area contributed by atoms with E-state index in [0.29, 0.717) is 6.54 Å². The maximum absolute atomic E-state index is 12.6. The summed E-state index contributed by atoms with van der Waals surface area (Å²) >= 11 is 1.51. The van der Waals surface area contributed by atoms with E-state index in [-0.39, 0.29) is 11.9 Å². The number of pyridine rings is 1. The van der Waals surface area contributed by atoms with Crippen molar-refractivity contribution in [2.45, 2.75) is 19.9 Å². The first kappa shape index (κ1) is 17.8. The number of hydrogen-bond donors (Lipinski definition) is 2. The summed E-state index contributed by atoms with van der Waals surface area (Å²) in [4.78, 5) is 18.2. The number of aromatic nitrogens is 3. The van der Waals surface area contributed by atoms with Crippen molar-refractivity contribution >= 4 is 50.0 Å². The molecule has 0 radical (unpaired) electrons. The second-order valence-electron chi connectivity index (χ2n) is 7.24. The molecule has 1 aliphatic heterocycles. The van der Waals surface area contributed by atoms with Gasteiger partial charge in [-0.25, -0.2) is 4.98 Å². The van der Waals surface area contributed by atoms with Gasteiger partial charge in [0.1, 0.15) is 4.88 Å². The number of benzene rings is 1. The van der Waals surface area contributed by atoms with Crippen LogP contribution in [0.4, 0.5) is 5.69 Å². The Morgan fingerprint density at radius 2 is 2.10 bits per heavy atom. The van der Waals surface area contributed by atoms with Crippen molar-refractivity contribution in [3.8, 4) is 11.3 Å². The van der Waals surface area contributed by atoms with Crippen LogP contribution in [0.3, 0.4) is 0 Å². The Hall–Kier alpha value is -3.32. The molecular formula is C22H19N5OS. The fourth-order valence-electron chi connectivity index (χ4n) is 3.70. The molecule has 5 rings (SSSR count). The van der Waals surface area contributed by atoms with Gasteiger partial charge >= 0.3 is 0 Å². The van der Waals surface area contributed by atoms with Gasteiger partial charge < -0.3 is 10.6 Å². The summed E-state index contributed by atoms with van der Waals surface area (Å²) in [5.74, 6) is -0.0214. The van der Waals surface area contributed by atoms with E-state index in [1.807, 2.05) is 38.1 Å². The largest absolute Gasteiger partial charge is 0.381 e. The summed E-state index contributed by atoms with van der Waals surface area (Å²) in [5, 5.41) is 16.9. The lowest BCUT2D eigenvalue weighted by Crippen LogP contribution is -2.34. The van der Waals surface area contributed by atoms with E-state index in [4.69, 9.17) is 4.98 Å². The minimum atomic E-state index is -0.0214. The molecule has 1 atom stereocenters. The smallest absolute Gasteiger partial charge is 0.263 e. The van der Waals surface area contributed by atoms with Crippen molar-refractivity contribution in [2.75, 3.05) is 11.9 Å². The van der Waals surface area contributed by atoms with Crippen LogP contribution in [0.15, 0.2) is 36.9 Å². The maximum Gasteiger partial charge on any atom is 0.263 e. The van der Waals surface area contributed by atoms with E-state index in [2.05, 4.69) is 33.5 Å². The Bertz CT molecular complexity index is 1310. The van der Waals surface area contributed by atoms with Gasteiger partial charge in [0.25, 0.3) is 5.91 Å². The van der Waals surface area contributed by atoms with Crippen molar-refractivity contribution in [1.82, 2.24) is 20.5 Å². The highest BCUT2D eigenvalue weighted by Gasteiger charge is 2.24. The summed E-state index contributed by atoms with van der Waals surface area (Å²) < 4.78 is 1.07. The van der Waals surface area contributed by atoms with Crippen LogP contribution in [-0.2, 0) is 0 Å². The Morgan fingerprint density at radius 3 is 2.93 bits per heavy atom. The topological polar surface area (TPSA) is 79.8 Å². The standard InChI is InChI=1S/C22H19N5OS/c1-4-13-9-15(12(3)26-27-13)17-6-5-14-16(25-17)7-8-18-19(14)20-21(29-18)22(28)24-11(2)10-23-20/h4-9,11,23H,1,10H2,2-3H3,(H,24,28)/t11-/m1/s1. The normalized spacial score (nSPS) is 16.2. The van der Waals surface area contributed by atoms with Gasteiger partial charge in [0.15, 0.2) is 0 Å². The van der Waals surface area contributed by atoms with Gasteiger partial charge in [0.05, 0.1) is 28.3 Å². The van der Waals surface area contributed by atoms with Crippen molar-refractivity contribution in [2.24, 2.45) is 0 Å². The lowest BCUT2D eigenvalue weighted by Gasteiger charge is -2.10. The highest BCUT2D eigenvalue weighted by molar-refractivity contribution is 7.21. The molecule has 29 heavy (non-hydrogen) atoms. The third kappa shape index (κ3) is 2.86. The van der Waals surface area contributed by atoms with Gasteiger partial charge in [-0.1, -0.05) is 6.58 Å². The van der Waals surface area contributed by atoms with Gasteiger partial charge in [0.2, 0.25) is 0 Å². The Morgan fingerprint density at radius 1 is 1.24 bits per heavy atom. The van der Waals surface area contributed by atoms with Crippen LogP contribution in [0.5, 0.6) is 0 Å². The number of carbonyl (C=O) groups excluding carboxylic acids is 1. The van der Waals surface area contributed by atoms with E-state index >= 15 is 0 Å². The lowest BCUT2D eigenvalue weighted by molar-refractivity contribution is 0.0949. The van der Waals surface area contributed by atoms with E-state index in [0.717, 1.165) is 54.2 Å². The maximum atomic E-state index is 12.6. The number of aryl methyl sites for hydroxylation is 1. The molecule has 0 saturated carbocycles. The number of thiophene rings is 1. The fraction of sp³-hybridized carbons (Fsp3) is 0.182. The van der Waals surface area contributed by atoms with Crippen molar-refractivity contribution in [3.05, 3.63) is 53.2 Å². The predicted octanol–water partition coefficient (Wildman–Crippen LogP) is 4.40. The first-order valence-electron chi connectivity index (χ1n) is 9.43. The second-order valence-corrected chi connectivity index (χ2v) is 8.29. The molecule has 0 unspecified atom stereocenters. The highest BCUT2D eigenvalue weighted by atomic mass is 32.1. The number of fused-ring (bicyclic) bond motifs is 5. The first-order chi connectivity index (χ1) is 14.0. The molecule has 0 bridgehead atoms. The number of carbonyl (C=O) groups is 1. The summed E-state index contributed by atoms with van der Waals surface area (Å²) in [6.07, 6.45) is 1.68. The van der Waals surface area contributed by atoms with Gasteiger partial charge in [-0.15, -0.1) is 11.3 Å². The minimum absolute atomic E-state index is 0.0214. The Labute approximate surface area is 171 Å². The third-order valence-corrected chi connectivity index (χ3v) is 6.33. The molecule has 2 N–H and O–H groups in total. The van der Waals surface area contributed by atoms with Gasteiger partial charge in [0, 0.05) is 33.6 Å².